The van der Waals surface area contributed by atoms with E-state index in [1.165, 1.54) is 6.20 Å². The second-order valence-electron chi connectivity index (χ2n) is 14.0. The molecular formula is C40H48N8O6. The van der Waals surface area contributed by atoms with Crippen LogP contribution in [0.15, 0.2) is 91.8 Å². The Morgan fingerprint density at radius 2 is 1.41 bits per heavy atom. The Hall–Kier alpha value is -6.31. The number of ether oxygens (including phenoxy) is 2. The summed E-state index contributed by atoms with van der Waals surface area (Å²) in [5.41, 5.74) is 9.01. The Labute approximate surface area is 315 Å². The van der Waals surface area contributed by atoms with Crippen LogP contribution in [0.2, 0.25) is 0 Å². The predicted molar refractivity (Wildman–Crippen MR) is 206 cm³/mol. The number of Topliss-reactive ketones (excluding diaryl/α,β-unsaturated/α-hetero) is 1. The Kier molecular flexibility index (Phi) is 15.2. The van der Waals surface area contributed by atoms with Crippen molar-refractivity contribution in [2.45, 2.75) is 85.1 Å². The van der Waals surface area contributed by atoms with Crippen molar-refractivity contribution in [3.05, 3.63) is 109 Å². The predicted octanol–water partition coefficient (Wildman–Crippen LogP) is 6.86. The number of nitrogens with one attached hydrogen (secondary N) is 2. The van der Waals surface area contributed by atoms with Crippen LogP contribution in [0.3, 0.4) is 0 Å². The first-order chi connectivity index (χ1) is 25.5. The zero-order valence-electron chi connectivity index (χ0n) is 31.9. The molecule has 5 aromatic heterocycles. The Morgan fingerprint density at radius 1 is 0.796 bits per heavy atom. The monoisotopic (exact) mass is 736 g/mol. The second kappa shape index (κ2) is 19.5. The third kappa shape index (κ3) is 14.4. The average Bonchev–Trinajstić information content (AvgIpc) is 3.11. The summed E-state index contributed by atoms with van der Waals surface area (Å²) >= 11 is 0. The number of amides is 2. The molecule has 54 heavy (non-hydrogen) atoms. The Balaban J connectivity index is 0.000000244. The number of alkyl carbamates (subject to hydrolysis) is 2. The summed E-state index contributed by atoms with van der Waals surface area (Å²) in [4.78, 5) is 66.8. The van der Waals surface area contributed by atoms with Gasteiger partial charge < -0.3 is 25.8 Å². The highest BCUT2D eigenvalue weighted by atomic mass is 16.6. The van der Waals surface area contributed by atoms with E-state index in [4.69, 9.17) is 20.2 Å². The van der Waals surface area contributed by atoms with Gasteiger partial charge in [0, 0.05) is 59.5 Å². The molecule has 5 rings (SSSR count). The summed E-state index contributed by atoms with van der Waals surface area (Å²) in [5, 5.41) is 6.30. The van der Waals surface area contributed by atoms with Crippen molar-refractivity contribution in [2.24, 2.45) is 0 Å². The van der Waals surface area contributed by atoms with Gasteiger partial charge in [-0.25, -0.2) is 14.6 Å². The maximum atomic E-state index is 12.2. The molecule has 14 nitrogen and oxygen atoms in total. The molecule has 0 aliphatic heterocycles. The zero-order chi connectivity index (χ0) is 39.9. The van der Waals surface area contributed by atoms with Crippen LogP contribution >= 0.6 is 0 Å². The third-order valence-corrected chi connectivity index (χ3v) is 7.04. The molecule has 0 aliphatic rings. The Morgan fingerprint density at radius 3 is 1.96 bits per heavy atom. The molecule has 0 aliphatic carbocycles. The number of nitrogens with zero attached hydrogens (tertiary/aromatic N) is 5. The van der Waals surface area contributed by atoms with E-state index < -0.39 is 29.4 Å². The third-order valence-electron chi connectivity index (χ3n) is 7.04. The minimum atomic E-state index is -0.600. The van der Waals surface area contributed by atoms with E-state index in [0.29, 0.717) is 23.2 Å². The molecule has 0 radical (unpaired) electrons. The number of rotatable bonds is 8. The van der Waals surface area contributed by atoms with Crippen molar-refractivity contribution < 1.29 is 28.7 Å². The van der Waals surface area contributed by atoms with Crippen LogP contribution in [0.5, 0.6) is 0 Å². The molecule has 0 saturated carbocycles. The van der Waals surface area contributed by atoms with Crippen LogP contribution in [0.1, 0.15) is 83.2 Å². The fourth-order valence-corrected chi connectivity index (χ4v) is 4.56. The molecule has 0 saturated heterocycles. The quantitative estimate of drug-likeness (QED) is 0.140. The number of aldehydes is 1. The van der Waals surface area contributed by atoms with Gasteiger partial charge in [0.15, 0.2) is 12.1 Å². The minimum Gasteiger partial charge on any atom is -0.444 e. The van der Waals surface area contributed by atoms with Crippen LogP contribution in [-0.2, 0) is 20.7 Å². The molecule has 2 atom stereocenters. The van der Waals surface area contributed by atoms with Crippen molar-refractivity contribution in [2.75, 3.05) is 5.73 Å². The van der Waals surface area contributed by atoms with Crippen LogP contribution in [-0.4, -0.2) is 66.4 Å². The van der Waals surface area contributed by atoms with E-state index in [1.54, 1.807) is 76.9 Å². The minimum absolute atomic E-state index is 0.107. The Bertz CT molecular complexity index is 2000. The number of carbonyl (C=O) groups excluding carboxylic acids is 4. The zero-order valence-corrected chi connectivity index (χ0v) is 31.9. The van der Waals surface area contributed by atoms with Crippen molar-refractivity contribution >= 4 is 40.8 Å². The number of pyridine rings is 5. The number of hydrogen-bond donors (Lipinski definition) is 3. The van der Waals surface area contributed by atoms with E-state index in [1.807, 2.05) is 64.1 Å². The summed E-state index contributed by atoms with van der Waals surface area (Å²) < 4.78 is 10.5. The lowest BCUT2D eigenvalue weighted by Gasteiger charge is -2.23. The van der Waals surface area contributed by atoms with Crippen molar-refractivity contribution in [3.63, 3.8) is 0 Å². The van der Waals surface area contributed by atoms with E-state index >= 15 is 0 Å². The first-order valence-electron chi connectivity index (χ1n) is 17.2. The van der Waals surface area contributed by atoms with Gasteiger partial charge in [-0.3, -0.25) is 29.5 Å². The number of ketones is 1. The topological polar surface area (TPSA) is 201 Å². The summed E-state index contributed by atoms with van der Waals surface area (Å²) in [5.74, 6) is -0.107. The second-order valence-corrected chi connectivity index (χ2v) is 14.0. The molecule has 0 fully saturated rings. The molecule has 2 amide bonds. The molecule has 2 unspecified atom stereocenters. The number of aromatic nitrogens is 5. The average molecular weight is 737 g/mol. The maximum Gasteiger partial charge on any atom is 0.408 e. The number of nitrogens with two attached hydrogens (primary N) is 1. The molecule has 14 heteroatoms. The van der Waals surface area contributed by atoms with Gasteiger partial charge in [0.05, 0.1) is 41.0 Å². The van der Waals surface area contributed by atoms with Gasteiger partial charge in [0.1, 0.15) is 11.2 Å². The van der Waals surface area contributed by atoms with Crippen LogP contribution in [0.25, 0.3) is 22.2 Å². The number of fused-ring (bicyclic) bond motifs is 1. The van der Waals surface area contributed by atoms with Gasteiger partial charge in [0.2, 0.25) is 0 Å². The lowest BCUT2D eigenvalue weighted by molar-refractivity contribution is -0.120. The van der Waals surface area contributed by atoms with E-state index in [0.717, 1.165) is 27.9 Å². The highest BCUT2D eigenvalue weighted by molar-refractivity contribution is 5.88. The number of carbonyl (C=O) groups is 4. The standard InChI is InChI=1S/C20H22N4O2.C14H20N2O3.C6H6N2O/c1-13(23-19(25)26-20(2,3)4)18-15(17-7-5-6-9-22-17)11-14-12-21-10-8-16(14)24-18;1-10(16-13(18)19-14(2,3)4)12(17)9-11-7-5-6-8-15-11;7-6-1-2-8-3-5(6)4-9/h5-13H,1-4H3,(H,23,25);5-8,10H,9H2,1-4H3,(H,16,18);1-4H,(H2,7,8). The van der Waals surface area contributed by atoms with Crippen molar-refractivity contribution in [1.82, 2.24) is 35.6 Å². The number of nitrogen functional groups attached to an aromatic ring is 1. The first-order valence-corrected chi connectivity index (χ1v) is 17.2. The maximum absolute atomic E-state index is 12.2. The largest absolute Gasteiger partial charge is 0.444 e. The normalized spacial score (nSPS) is 12.0. The molecule has 284 valence electrons. The van der Waals surface area contributed by atoms with Gasteiger partial charge >= 0.3 is 12.2 Å². The summed E-state index contributed by atoms with van der Waals surface area (Å²) in [6, 6.07) is 15.6. The molecule has 5 heterocycles. The van der Waals surface area contributed by atoms with E-state index in [2.05, 4.69) is 30.6 Å². The van der Waals surface area contributed by atoms with Crippen LogP contribution in [0, 0.1) is 0 Å². The van der Waals surface area contributed by atoms with Gasteiger partial charge in [-0.2, -0.15) is 0 Å². The fourth-order valence-electron chi connectivity index (χ4n) is 4.56. The van der Waals surface area contributed by atoms with E-state index in [-0.39, 0.29) is 18.2 Å². The SMILES string of the molecule is CC(NC(=O)OC(C)(C)C)C(=O)Cc1ccccn1.CC(NC(=O)OC(C)(C)C)c1nc2ccncc2cc1-c1ccccn1.Nc1ccncc1C=O. The summed E-state index contributed by atoms with van der Waals surface area (Å²) in [7, 11) is 0. The number of hydrogen-bond acceptors (Lipinski definition) is 12. The highest BCUT2D eigenvalue weighted by Crippen LogP contribution is 2.29. The van der Waals surface area contributed by atoms with Gasteiger partial charge in [-0.05, 0) is 97.9 Å². The summed E-state index contributed by atoms with van der Waals surface area (Å²) in [6.07, 6.45) is 9.62. The molecule has 0 spiro atoms. The number of anilines is 1. The van der Waals surface area contributed by atoms with Gasteiger partial charge in [-0.1, -0.05) is 12.1 Å². The highest BCUT2D eigenvalue weighted by Gasteiger charge is 2.23. The lowest BCUT2D eigenvalue weighted by Crippen LogP contribution is -2.42. The van der Waals surface area contributed by atoms with Gasteiger partial charge in [-0.15, -0.1) is 0 Å². The van der Waals surface area contributed by atoms with Crippen molar-refractivity contribution in [3.8, 4) is 11.3 Å². The van der Waals surface area contributed by atoms with Crippen LogP contribution < -0.4 is 16.4 Å². The fraction of sp³-hybridized carbons (Fsp3) is 0.325. The summed E-state index contributed by atoms with van der Waals surface area (Å²) in [6.45, 7) is 14.3. The molecule has 0 bridgehead atoms. The van der Waals surface area contributed by atoms with E-state index in [9.17, 15) is 19.2 Å². The molecular weight excluding hydrogens is 688 g/mol. The smallest absolute Gasteiger partial charge is 0.408 e. The molecule has 0 aromatic carbocycles. The van der Waals surface area contributed by atoms with Crippen LogP contribution in [0.4, 0.5) is 15.3 Å². The lowest BCUT2D eigenvalue weighted by atomic mass is 10.0. The molecule has 5 aromatic rings. The van der Waals surface area contributed by atoms with Gasteiger partial charge in [0.25, 0.3) is 0 Å². The van der Waals surface area contributed by atoms with Crippen molar-refractivity contribution in [1.29, 1.82) is 0 Å². The first kappa shape index (κ1) is 42.1. The molecule has 4 N–H and O–H groups in total.